The van der Waals surface area contributed by atoms with Crippen LogP contribution < -0.4 is 0 Å². The second kappa shape index (κ2) is 9.57. The van der Waals surface area contributed by atoms with Gasteiger partial charge in [0.05, 0.1) is 11.3 Å². The van der Waals surface area contributed by atoms with Crippen molar-refractivity contribution in [3.63, 3.8) is 0 Å². The molecule has 3 rings (SSSR count). The van der Waals surface area contributed by atoms with Crippen molar-refractivity contribution in [1.82, 2.24) is 4.98 Å². The number of benzene rings is 1. The zero-order chi connectivity index (χ0) is 23.6. The van der Waals surface area contributed by atoms with E-state index >= 15 is 0 Å². The van der Waals surface area contributed by atoms with Crippen LogP contribution in [0.4, 0.5) is 0 Å². The van der Waals surface area contributed by atoms with E-state index in [0.717, 1.165) is 40.7 Å². The van der Waals surface area contributed by atoms with E-state index in [-0.39, 0.29) is 40.6 Å². The third-order valence-corrected chi connectivity index (χ3v) is 8.26. The molecular weight excluding hydrogens is 422 g/mol. The molecule has 2 aromatic rings. The van der Waals surface area contributed by atoms with Crippen molar-refractivity contribution in [1.29, 1.82) is 0 Å². The topological polar surface area (TPSA) is 84.3 Å². The predicted molar refractivity (Wildman–Crippen MR) is 127 cm³/mol. The first-order valence-corrected chi connectivity index (χ1v) is 13.0. The Hall–Kier alpha value is -2.47. The molecule has 0 amide bonds. The quantitative estimate of drug-likeness (QED) is 0.622. The van der Waals surface area contributed by atoms with Crippen LogP contribution in [0.3, 0.4) is 0 Å². The summed E-state index contributed by atoms with van der Waals surface area (Å²) in [7, 11) is -3.57. The van der Waals surface area contributed by atoms with Crippen LogP contribution in [0.15, 0.2) is 41.2 Å². The van der Waals surface area contributed by atoms with Crippen LogP contribution in [-0.4, -0.2) is 30.0 Å². The molecule has 1 heterocycles. The molecule has 5 nitrogen and oxygen atoms in total. The van der Waals surface area contributed by atoms with Gasteiger partial charge in [-0.15, -0.1) is 0 Å². The third kappa shape index (κ3) is 4.96. The minimum Gasteiger partial charge on any atom is -0.512 e. The van der Waals surface area contributed by atoms with E-state index in [1.54, 1.807) is 12.3 Å². The molecular formula is C26H33NO4S. The van der Waals surface area contributed by atoms with Gasteiger partial charge >= 0.3 is 0 Å². The van der Waals surface area contributed by atoms with Gasteiger partial charge in [-0.1, -0.05) is 44.5 Å². The number of aliphatic hydroxyl groups excluding tert-OH is 1. The van der Waals surface area contributed by atoms with Crippen LogP contribution in [0, 0.1) is 25.7 Å². The summed E-state index contributed by atoms with van der Waals surface area (Å²) in [5, 5.41) is 11.0. The molecule has 1 aromatic carbocycles. The lowest BCUT2D eigenvalue weighted by Crippen LogP contribution is -2.28. The van der Waals surface area contributed by atoms with Gasteiger partial charge in [-0.3, -0.25) is 4.79 Å². The molecule has 32 heavy (non-hydrogen) atoms. The van der Waals surface area contributed by atoms with E-state index in [9.17, 15) is 18.3 Å². The standard InChI is InChI=1S/C26H33NO4S/c1-6-19-10-17(4)11-20(7-2)25(19)26-22(28)12-21(13-23(26)29)18(5)15-32(30,31)24-9-8-16(3)14-27-24/h8-11,14,18,21,28H,6-7,12-13,15H2,1-5H3. The molecule has 0 fully saturated rings. The number of carbonyl (C=O) groups excluding carboxylic acids is 1. The summed E-state index contributed by atoms with van der Waals surface area (Å²) >= 11 is 0. The van der Waals surface area contributed by atoms with Crippen molar-refractivity contribution in [2.75, 3.05) is 5.75 Å². The molecule has 2 atom stereocenters. The molecule has 0 bridgehead atoms. The molecule has 0 spiro atoms. The third-order valence-electron chi connectivity index (χ3n) is 6.42. The Morgan fingerprint density at radius 2 is 1.69 bits per heavy atom. The van der Waals surface area contributed by atoms with Gasteiger partial charge in [0, 0.05) is 19.0 Å². The normalized spacial score (nSPS) is 18.2. The zero-order valence-corrected chi connectivity index (χ0v) is 20.4. The average Bonchev–Trinajstić information content (AvgIpc) is 2.73. The molecule has 0 radical (unpaired) electrons. The first-order chi connectivity index (χ1) is 15.1. The number of hydrogen-bond acceptors (Lipinski definition) is 5. The Balaban J connectivity index is 1.89. The van der Waals surface area contributed by atoms with Crippen molar-refractivity contribution >= 4 is 21.2 Å². The van der Waals surface area contributed by atoms with Gasteiger partial charge in [-0.25, -0.2) is 13.4 Å². The van der Waals surface area contributed by atoms with Crippen molar-refractivity contribution in [2.45, 2.75) is 65.3 Å². The summed E-state index contributed by atoms with van der Waals surface area (Å²) in [5.74, 6) is -0.645. The highest BCUT2D eigenvalue weighted by atomic mass is 32.2. The van der Waals surface area contributed by atoms with Crippen LogP contribution in [0.1, 0.15) is 61.4 Å². The molecule has 1 aliphatic carbocycles. The molecule has 0 saturated heterocycles. The molecule has 0 saturated carbocycles. The summed E-state index contributed by atoms with van der Waals surface area (Å²) in [6, 6.07) is 7.42. The Morgan fingerprint density at radius 1 is 1.06 bits per heavy atom. The second-order valence-electron chi connectivity index (χ2n) is 9.01. The monoisotopic (exact) mass is 455 g/mol. The van der Waals surface area contributed by atoms with Crippen LogP contribution in [0.2, 0.25) is 0 Å². The minimum atomic E-state index is -3.57. The molecule has 2 unspecified atom stereocenters. The number of aryl methyl sites for hydroxylation is 4. The average molecular weight is 456 g/mol. The lowest BCUT2D eigenvalue weighted by molar-refractivity contribution is -0.115. The summed E-state index contributed by atoms with van der Waals surface area (Å²) in [5.41, 5.74) is 5.46. The number of pyridine rings is 1. The van der Waals surface area contributed by atoms with E-state index in [4.69, 9.17) is 0 Å². The second-order valence-corrected chi connectivity index (χ2v) is 11.0. The maximum Gasteiger partial charge on any atom is 0.195 e. The van der Waals surface area contributed by atoms with Crippen molar-refractivity contribution in [2.24, 2.45) is 11.8 Å². The molecule has 1 aromatic heterocycles. The Bertz CT molecular complexity index is 1120. The molecule has 6 heteroatoms. The van der Waals surface area contributed by atoms with E-state index in [1.807, 2.05) is 20.8 Å². The van der Waals surface area contributed by atoms with E-state index < -0.39 is 9.84 Å². The number of aliphatic hydroxyl groups is 1. The van der Waals surface area contributed by atoms with Gasteiger partial charge in [0.25, 0.3) is 0 Å². The Morgan fingerprint density at radius 3 is 2.19 bits per heavy atom. The summed E-state index contributed by atoms with van der Waals surface area (Å²) in [4.78, 5) is 17.3. The lowest BCUT2D eigenvalue weighted by atomic mass is 9.76. The highest BCUT2D eigenvalue weighted by Crippen LogP contribution is 2.39. The maximum absolute atomic E-state index is 13.2. The van der Waals surface area contributed by atoms with E-state index in [0.29, 0.717) is 12.0 Å². The number of nitrogens with zero attached hydrogens (tertiary/aromatic N) is 1. The van der Waals surface area contributed by atoms with Gasteiger partial charge in [-0.2, -0.15) is 0 Å². The van der Waals surface area contributed by atoms with Crippen LogP contribution >= 0.6 is 0 Å². The van der Waals surface area contributed by atoms with Gasteiger partial charge in [0.2, 0.25) is 0 Å². The van der Waals surface area contributed by atoms with E-state index in [1.165, 1.54) is 6.07 Å². The summed E-state index contributed by atoms with van der Waals surface area (Å²) in [6.45, 7) is 9.84. The fourth-order valence-corrected chi connectivity index (χ4v) is 6.26. The number of ketones is 1. The van der Waals surface area contributed by atoms with Gasteiger partial charge in [0.1, 0.15) is 5.76 Å². The van der Waals surface area contributed by atoms with Crippen LogP contribution in [0.25, 0.3) is 5.57 Å². The van der Waals surface area contributed by atoms with E-state index in [2.05, 4.69) is 31.0 Å². The van der Waals surface area contributed by atoms with Gasteiger partial charge < -0.3 is 5.11 Å². The SMILES string of the molecule is CCc1cc(C)cc(CC)c1C1=C(O)CC(C(C)CS(=O)(=O)c2ccc(C)cn2)CC1=O. The first kappa shape index (κ1) is 24.2. The molecule has 172 valence electrons. The number of hydrogen-bond donors (Lipinski definition) is 1. The number of allylic oxidation sites excluding steroid dienone is 2. The Kier molecular flexibility index (Phi) is 7.23. The number of rotatable bonds is 7. The van der Waals surface area contributed by atoms with Crippen molar-refractivity contribution in [3.8, 4) is 0 Å². The highest BCUT2D eigenvalue weighted by Gasteiger charge is 2.35. The number of aromatic nitrogens is 1. The smallest absolute Gasteiger partial charge is 0.195 e. The molecule has 1 aliphatic rings. The highest BCUT2D eigenvalue weighted by molar-refractivity contribution is 7.91. The summed E-state index contributed by atoms with van der Waals surface area (Å²) in [6.07, 6.45) is 3.63. The fraction of sp³-hybridized carbons (Fsp3) is 0.462. The zero-order valence-electron chi connectivity index (χ0n) is 19.6. The predicted octanol–water partition coefficient (Wildman–Crippen LogP) is 5.18. The Labute approximate surface area is 191 Å². The molecule has 1 N–H and O–H groups in total. The van der Waals surface area contributed by atoms with Crippen molar-refractivity contribution < 1.29 is 18.3 Å². The van der Waals surface area contributed by atoms with Gasteiger partial charge in [0.15, 0.2) is 20.6 Å². The molecule has 0 aliphatic heterocycles. The maximum atomic E-state index is 13.2. The minimum absolute atomic E-state index is 0.0531. The number of sulfone groups is 1. The van der Waals surface area contributed by atoms with Gasteiger partial charge in [-0.05, 0) is 66.8 Å². The number of carbonyl (C=O) groups is 1. The summed E-state index contributed by atoms with van der Waals surface area (Å²) < 4.78 is 25.6. The van der Waals surface area contributed by atoms with Crippen LogP contribution in [-0.2, 0) is 27.5 Å². The largest absolute Gasteiger partial charge is 0.512 e. The first-order valence-electron chi connectivity index (χ1n) is 11.3. The lowest BCUT2D eigenvalue weighted by Gasteiger charge is -2.29. The van der Waals surface area contributed by atoms with Crippen molar-refractivity contribution in [3.05, 3.63) is 64.0 Å². The number of Topliss-reactive ketones (excluding diaryl/α,β-unsaturated/α-hetero) is 1. The fourth-order valence-electron chi connectivity index (χ4n) is 4.64. The van der Waals surface area contributed by atoms with Crippen LogP contribution in [0.5, 0.6) is 0 Å².